The number of thiazole rings is 1. The fourth-order valence-electron chi connectivity index (χ4n) is 4.68. The molecule has 0 spiro atoms. The van der Waals surface area contributed by atoms with Crippen LogP contribution >= 0.6 is 46.2 Å². The van der Waals surface area contributed by atoms with E-state index >= 15 is 0 Å². The zero-order valence-corrected chi connectivity index (χ0v) is 26.1. The Labute approximate surface area is 256 Å². The van der Waals surface area contributed by atoms with E-state index in [1.807, 2.05) is 32.6 Å². The Kier molecular flexibility index (Phi) is 8.87. The van der Waals surface area contributed by atoms with Crippen LogP contribution in [-0.2, 0) is 4.79 Å². The number of hydrogen-bond donors (Lipinski definition) is 1. The number of likely N-dealkylation sites (N-methyl/N-ethyl adjacent to an activating group) is 1. The first-order valence-electron chi connectivity index (χ1n) is 13.4. The maximum Gasteiger partial charge on any atom is 0.236 e. The molecular weight excluding hydrogens is 589 g/mol. The first-order valence-corrected chi connectivity index (χ1v) is 16.8. The summed E-state index contributed by atoms with van der Waals surface area (Å²) in [5.74, 6) is 1.37. The van der Waals surface area contributed by atoms with Gasteiger partial charge in [0.05, 0.1) is 27.4 Å². The van der Waals surface area contributed by atoms with Crippen molar-refractivity contribution in [2.75, 3.05) is 39.0 Å². The lowest BCUT2D eigenvalue weighted by Crippen LogP contribution is -2.40. The van der Waals surface area contributed by atoms with E-state index < -0.39 is 0 Å². The third kappa shape index (κ3) is 6.92. The van der Waals surface area contributed by atoms with Crippen molar-refractivity contribution in [2.45, 2.75) is 38.3 Å². The number of rotatable bonds is 9. The molecule has 0 saturated carbocycles. The van der Waals surface area contributed by atoms with Crippen LogP contribution in [0.4, 0.5) is 10.9 Å². The molecule has 210 valence electrons. The highest BCUT2D eigenvalue weighted by molar-refractivity contribution is 8.00. The Bertz CT molecular complexity index is 1630. The fraction of sp³-hybridized carbons (Fsp3) is 0.267. The first kappa shape index (κ1) is 28.2. The number of pyridine rings is 2. The summed E-state index contributed by atoms with van der Waals surface area (Å²) in [6, 6.07) is 16.7. The maximum atomic E-state index is 12.1. The summed E-state index contributed by atoms with van der Waals surface area (Å²) in [5.41, 5.74) is 2.15. The second kappa shape index (κ2) is 12.9. The number of likely N-dealkylation sites (tertiary alicyclic amines) is 1. The van der Waals surface area contributed by atoms with Gasteiger partial charge in [0.1, 0.15) is 5.82 Å². The lowest BCUT2D eigenvalue weighted by atomic mass is 9.94. The van der Waals surface area contributed by atoms with Crippen molar-refractivity contribution in [1.82, 2.24) is 24.8 Å². The van der Waals surface area contributed by atoms with Crippen LogP contribution in [0.5, 0.6) is 0 Å². The van der Waals surface area contributed by atoms with Crippen LogP contribution in [0.1, 0.15) is 24.5 Å². The molecule has 1 aliphatic rings. The van der Waals surface area contributed by atoms with E-state index in [1.54, 1.807) is 51.1 Å². The number of nitrogens with one attached hydrogen (secondary N) is 1. The van der Waals surface area contributed by atoms with Gasteiger partial charge in [-0.2, -0.15) is 0 Å². The molecule has 1 aromatic carbocycles. The maximum absolute atomic E-state index is 12.1. The molecule has 7 nitrogen and oxygen atoms in total. The highest BCUT2D eigenvalue weighted by atomic mass is 32.2. The Hall–Kier alpha value is -2.96. The molecule has 1 saturated heterocycles. The van der Waals surface area contributed by atoms with Crippen molar-refractivity contribution in [1.29, 1.82) is 0 Å². The Balaban J connectivity index is 1.18. The zero-order valence-electron chi connectivity index (χ0n) is 22.8. The van der Waals surface area contributed by atoms with Crippen LogP contribution in [0.2, 0.25) is 0 Å². The Morgan fingerprint density at radius 1 is 1.02 bits per heavy atom. The number of benzene rings is 1. The number of nitrogens with zero attached hydrogens (tertiary/aromatic N) is 5. The number of amides is 1. The quantitative estimate of drug-likeness (QED) is 0.183. The zero-order chi connectivity index (χ0) is 28.2. The lowest BCUT2D eigenvalue weighted by molar-refractivity contribution is -0.130. The van der Waals surface area contributed by atoms with Crippen molar-refractivity contribution in [3.8, 4) is 0 Å². The predicted molar refractivity (Wildman–Crippen MR) is 171 cm³/mol. The van der Waals surface area contributed by atoms with Gasteiger partial charge in [0.25, 0.3) is 0 Å². The number of thiophene rings is 1. The number of hydrogen-bond acceptors (Lipinski definition) is 10. The van der Waals surface area contributed by atoms with Crippen LogP contribution in [0.25, 0.3) is 10.2 Å². The van der Waals surface area contributed by atoms with E-state index in [1.165, 1.54) is 9.60 Å². The predicted octanol–water partition coefficient (Wildman–Crippen LogP) is 7.46. The number of carbonyl (C=O) groups excluding carboxylic acids is 1. The minimum absolute atomic E-state index is 0.158. The molecule has 4 aromatic heterocycles. The molecule has 1 aliphatic heterocycles. The fourth-order valence-corrected chi connectivity index (χ4v) is 8.37. The minimum Gasteiger partial charge on any atom is -0.348 e. The van der Waals surface area contributed by atoms with E-state index in [0.29, 0.717) is 12.5 Å². The molecule has 0 radical (unpaired) electrons. The summed E-state index contributed by atoms with van der Waals surface area (Å²) in [4.78, 5) is 34.8. The van der Waals surface area contributed by atoms with Crippen molar-refractivity contribution >= 4 is 73.3 Å². The van der Waals surface area contributed by atoms with Gasteiger partial charge in [-0.15, -0.1) is 22.7 Å². The highest BCUT2D eigenvalue weighted by Gasteiger charge is 2.24. The molecule has 0 bridgehead atoms. The molecule has 41 heavy (non-hydrogen) atoms. The standard InChI is InChI=1S/C30H30N6OS4/c1-35(2)27(37)18-36-13-9-20(10-14-36)24-19-39-30(33-24)34-29-26(40-21-6-4-3-5-7-21)16-22(17-32-29)41-25-8-12-31-23-11-15-38-28(23)25/h3-8,11-12,15-17,19-20H,9-10,13-14,18H2,1-2H3,(H,32,33,34). The summed E-state index contributed by atoms with van der Waals surface area (Å²) in [5, 5.41) is 8.61. The average molecular weight is 619 g/mol. The van der Waals surface area contributed by atoms with Gasteiger partial charge in [-0.25, -0.2) is 9.97 Å². The largest absolute Gasteiger partial charge is 0.348 e. The Morgan fingerprint density at radius 2 is 1.83 bits per heavy atom. The molecule has 0 unspecified atom stereocenters. The van der Waals surface area contributed by atoms with E-state index in [9.17, 15) is 4.79 Å². The summed E-state index contributed by atoms with van der Waals surface area (Å²) >= 11 is 6.75. The number of fused-ring (bicyclic) bond motifs is 1. The third-order valence-corrected chi connectivity index (χ3v) is 10.8. The van der Waals surface area contributed by atoms with Gasteiger partial charge in [-0.05, 0) is 61.6 Å². The van der Waals surface area contributed by atoms with Crippen LogP contribution in [0.3, 0.4) is 0 Å². The second-order valence-corrected chi connectivity index (χ2v) is 14.0. The van der Waals surface area contributed by atoms with Gasteiger partial charge < -0.3 is 10.2 Å². The summed E-state index contributed by atoms with van der Waals surface area (Å²) < 4.78 is 1.20. The molecule has 11 heteroatoms. The van der Waals surface area contributed by atoms with Crippen molar-refractivity contribution in [2.24, 2.45) is 0 Å². The van der Waals surface area contributed by atoms with E-state index in [0.717, 1.165) is 62.8 Å². The summed E-state index contributed by atoms with van der Waals surface area (Å²) in [6.07, 6.45) is 5.82. The van der Waals surface area contributed by atoms with Gasteiger partial charge in [0.2, 0.25) is 5.91 Å². The van der Waals surface area contributed by atoms with E-state index in [2.05, 4.69) is 68.4 Å². The minimum atomic E-state index is 0.158. The van der Waals surface area contributed by atoms with Crippen LogP contribution in [0.15, 0.2) is 91.3 Å². The van der Waals surface area contributed by atoms with Crippen LogP contribution < -0.4 is 5.32 Å². The van der Waals surface area contributed by atoms with Gasteiger partial charge in [0.15, 0.2) is 5.13 Å². The van der Waals surface area contributed by atoms with Gasteiger partial charge in [-0.3, -0.25) is 14.7 Å². The monoisotopic (exact) mass is 618 g/mol. The molecule has 0 atom stereocenters. The number of aromatic nitrogens is 3. The van der Waals surface area contributed by atoms with E-state index in [4.69, 9.17) is 9.97 Å². The van der Waals surface area contributed by atoms with Gasteiger partial charge in [0, 0.05) is 52.5 Å². The average Bonchev–Trinajstić information content (AvgIpc) is 3.66. The highest BCUT2D eigenvalue weighted by Crippen LogP contribution is 2.40. The molecular formula is C30H30N6OS4. The van der Waals surface area contributed by atoms with E-state index in [-0.39, 0.29) is 5.91 Å². The molecule has 1 amide bonds. The topological polar surface area (TPSA) is 74.2 Å². The summed E-state index contributed by atoms with van der Waals surface area (Å²) in [7, 11) is 3.63. The first-order chi connectivity index (χ1) is 20.0. The smallest absolute Gasteiger partial charge is 0.236 e. The van der Waals surface area contributed by atoms with Crippen molar-refractivity contribution in [3.63, 3.8) is 0 Å². The molecule has 5 heterocycles. The van der Waals surface area contributed by atoms with Gasteiger partial charge >= 0.3 is 0 Å². The number of carbonyl (C=O) groups is 1. The molecule has 6 rings (SSSR count). The number of piperidine rings is 1. The summed E-state index contributed by atoms with van der Waals surface area (Å²) in [6.45, 7) is 2.32. The van der Waals surface area contributed by atoms with Crippen molar-refractivity contribution in [3.05, 3.63) is 77.4 Å². The SMILES string of the molecule is CN(C)C(=O)CN1CCC(c2csc(Nc3ncc(Sc4ccnc5ccsc45)cc3Sc3ccccc3)n2)CC1. The molecule has 1 N–H and O–H groups in total. The third-order valence-electron chi connectivity index (χ3n) is 6.95. The molecule has 5 aromatic rings. The molecule has 1 fully saturated rings. The Morgan fingerprint density at radius 3 is 2.63 bits per heavy atom. The molecule has 0 aliphatic carbocycles. The second-order valence-electron chi connectivity index (χ2n) is 10.0. The van der Waals surface area contributed by atoms with Crippen LogP contribution in [-0.4, -0.2) is 64.4 Å². The number of anilines is 2. The van der Waals surface area contributed by atoms with Gasteiger partial charge in [-0.1, -0.05) is 41.7 Å². The van der Waals surface area contributed by atoms with Crippen LogP contribution in [0, 0.1) is 0 Å². The van der Waals surface area contributed by atoms with Crippen molar-refractivity contribution < 1.29 is 4.79 Å². The normalized spacial score (nSPS) is 14.4. The lowest BCUT2D eigenvalue weighted by Gasteiger charge is -2.31.